The van der Waals surface area contributed by atoms with Crippen LogP contribution >= 0.6 is 0 Å². The van der Waals surface area contributed by atoms with E-state index in [0.717, 1.165) is 22.4 Å². The Labute approximate surface area is 148 Å². The van der Waals surface area contributed by atoms with Crippen LogP contribution in [0.1, 0.15) is 40.9 Å². The first-order chi connectivity index (χ1) is 11.9. The number of hydrogen-bond acceptors (Lipinski definition) is 2. The second-order valence-electron chi connectivity index (χ2n) is 7.02. The number of aryl methyl sites for hydroxylation is 1. The molecule has 1 aliphatic heterocycles. The Morgan fingerprint density at radius 3 is 2.48 bits per heavy atom. The topological polar surface area (TPSA) is 49.4 Å². The number of rotatable bonds is 4. The molecule has 0 radical (unpaired) electrons. The molecule has 2 amide bonds. The van der Waals surface area contributed by atoms with Crippen LogP contribution in [-0.4, -0.2) is 22.8 Å². The van der Waals surface area contributed by atoms with Crippen molar-refractivity contribution in [3.8, 4) is 0 Å². The van der Waals surface area contributed by atoms with E-state index in [2.05, 4.69) is 5.32 Å². The Balaban J connectivity index is 1.86. The number of fused-ring (bicyclic) bond motifs is 1. The van der Waals surface area contributed by atoms with Crippen molar-refractivity contribution in [2.75, 3.05) is 5.32 Å². The van der Waals surface area contributed by atoms with Gasteiger partial charge in [-0.1, -0.05) is 44.2 Å². The molecule has 0 fully saturated rings. The summed E-state index contributed by atoms with van der Waals surface area (Å²) in [6.07, 6.45) is 0. The zero-order valence-corrected chi connectivity index (χ0v) is 15.2. The van der Waals surface area contributed by atoms with Crippen LogP contribution in [0.2, 0.25) is 0 Å². The summed E-state index contributed by atoms with van der Waals surface area (Å²) in [5.74, 6) is -0.182. The smallest absolute Gasteiger partial charge is 0.255 e. The normalized spacial score (nSPS) is 14.6. The quantitative estimate of drug-likeness (QED) is 0.920. The molecular weight excluding hydrogens is 312 g/mol. The van der Waals surface area contributed by atoms with Gasteiger partial charge in [-0.25, -0.2) is 0 Å². The highest BCUT2D eigenvalue weighted by Gasteiger charge is 2.37. The summed E-state index contributed by atoms with van der Waals surface area (Å²) in [4.78, 5) is 27.5. The summed E-state index contributed by atoms with van der Waals surface area (Å²) in [5, 5.41) is 3.02. The SMILES string of the molecule is Cc1cccc(NC(=O)[C@@H](C(C)C)N2Cc3ccccc3C2=O)c1C. The largest absolute Gasteiger partial charge is 0.324 e. The highest BCUT2D eigenvalue weighted by molar-refractivity contribution is 6.03. The first-order valence-corrected chi connectivity index (χ1v) is 8.66. The number of anilines is 1. The second kappa shape index (κ2) is 6.71. The molecule has 0 saturated heterocycles. The Kier molecular flexibility index (Phi) is 4.62. The molecule has 0 saturated carbocycles. The highest BCUT2D eigenvalue weighted by Crippen LogP contribution is 2.28. The molecule has 2 aromatic carbocycles. The molecule has 25 heavy (non-hydrogen) atoms. The van der Waals surface area contributed by atoms with Gasteiger partial charge in [0.15, 0.2) is 0 Å². The minimum atomic E-state index is -0.500. The molecule has 0 aromatic heterocycles. The standard InChI is InChI=1S/C21H24N2O2/c1-13(2)19(20(24)22-18-11-7-8-14(3)15(18)4)23-12-16-9-5-6-10-17(16)21(23)25/h5-11,13,19H,12H2,1-4H3,(H,22,24)/t19-/m1/s1. The fourth-order valence-electron chi connectivity index (χ4n) is 3.40. The van der Waals surface area contributed by atoms with Crippen molar-refractivity contribution in [1.82, 2.24) is 4.90 Å². The summed E-state index contributed by atoms with van der Waals surface area (Å²) >= 11 is 0. The summed E-state index contributed by atoms with van der Waals surface area (Å²) < 4.78 is 0. The number of amides is 2. The van der Waals surface area contributed by atoms with Gasteiger partial charge in [0.1, 0.15) is 6.04 Å². The van der Waals surface area contributed by atoms with Crippen LogP contribution < -0.4 is 5.32 Å². The van der Waals surface area contributed by atoms with E-state index < -0.39 is 6.04 Å². The summed E-state index contributed by atoms with van der Waals surface area (Å²) in [6.45, 7) is 8.45. The second-order valence-corrected chi connectivity index (χ2v) is 7.02. The molecule has 1 aliphatic rings. The Morgan fingerprint density at radius 2 is 1.80 bits per heavy atom. The molecule has 4 nitrogen and oxygen atoms in total. The Morgan fingerprint density at radius 1 is 1.08 bits per heavy atom. The van der Waals surface area contributed by atoms with E-state index in [1.54, 1.807) is 4.90 Å². The van der Waals surface area contributed by atoms with Crippen LogP contribution in [0.5, 0.6) is 0 Å². The van der Waals surface area contributed by atoms with Crippen molar-refractivity contribution in [3.05, 3.63) is 64.7 Å². The van der Waals surface area contributed by atoms with Crippen LogP contribution in [0.25, 0.3) is 0 Å². The van der Waals surface area contributed by atoms with Crippen molar-refractivity contribution in [1.29, 1.82) is 0 Å². The third-order valence-corrected chi connectivity index (χ3v) is 4.95. The lowest BCUT2D eigenvalue weighted by Crippen LogP contribution is -2.47. The molecule has 0 unspecified atom stereocenters. The van der Waals surface area contributed by atoms with E-state index >= 15 is 0 Å². The third-order valence-electron chi connectivity index (χ3n) is 4.95. The molecular formula is C21H24N2O2. The maximum Gasteiger partial charge on any atom is 0.255 e. The highest BCUT2D eigenvalue weighted by atomic mass is 16.2. The number of carbonyl (C=O) groups is 2. The van der Waals surface area contributed by atoms with Crippen molar-refractivity contribution in [2.45, 2.75) is 40.3 Å². The lowest BCUT2D eigenvalue weighted by atomic mass is 10.0. The van der Waals surface area contributed by atoms with Gasteiger partial charge in [-0.05, 0) is 48.6 Å². The fourth-order valence-corrected chi connectivity index (χ4v) is 3.40. The van der Waals surface area contributed by atoms with Crippen LogP contribution in [0.3, 0.4) is 0 Å². The zero-order valence-electron chi connectivity index (χ0n) is 15.2. The van der Waals surface area contributed by atoms with Crippen molar-refractivity contribution in [3.63, 3.8) is 0 Å². The van der Waals surface area contributed by atoms with E-state index in [9.17, 15) is 9.59 Å². The van der Waals surface area contributed by atoms with E-state index in [-0.39, 0.29) is 17.7 Å². The van der Waals surface area contributed by atoms with Gasteiger partial charge < -0.3 is 10.2 Å². The minimum Gasteiger partial charge on any atom is -0.324 e. The minimum absolute atomic E-state index is 0.0170. The maximum absolute atomic E-state index is 13.0. The number of nitrogens with zero attached hydrogens (tertiary/aromatic N) is 1. The van der Waals surface area contributed by atoms with Crippen molar-refractivity contribution in [2.24, 2.45) is 5.92 Å². The summed E-state index contributed by atoms with van der Waals surface area (Å²) in [6, 6.07) is 12.9. The predicted octanol–water partition coefficient (Wildman–Crippen LogP) is 3.92. The fraction of sp³-hybridized carbons (Fsp3) is 0.333. The summed E-state index contributed by atoms with van der Waals surface area (Å²) in [7, 11) is 0. The van der Waals surface area contributed by atoms with Gasteiger partial charge in [-0.15, -0.1) is 0 Å². The van der Waals surface area contributed by atoms with Crippen molar-refractivity contribution >= 4 is 17.5 Å². The molecule has 1 atom stereocenters. The van der Waals surface area contributed by atoms with E-state index in [4.69, 9.17) is 0 Å². The lowest BCUT2D eigenvalue weighted by molar-refractivity contribution is -0.122. The molecule has 0 aliphatic carbocycles. The number of hydrogen-bond donors (Lipinski definition) is 1. The van der Waals surface area contributed by atoms with Crippen LogP contribution in [0, 0.1) is 19.8 Å². The zero-order chi connectivity index (χ0) is 18.1. The number of nitrogens with one attached hydrogen (secondary N) is 1. The molecule has 0 bridgehead atoms. The van der Waals surface area contributed by atoms with Gasteiger partial charge in [0.2, 0.25) is 5.91 Å². The van der Waals surface area contributed by atoms with Gasteiger partial charge in [-0.2, -0.15) is 0 Å². The van der Waals surface area contributed by atoms with Gasteiger partial charge in [-0.3, -0.25) is 9.59 Å². The van der Waals surface area contributed by atoms with E-state index in [1.807, 2.05) is 70.2 Å². The van der Waals surface area contributed by atoms with Crippen molar-refractivity contribution < 1.29 is 9.59 Å². The van der Waals surface area contributed by atoms with E-state index in [0.29, 0.717) is 12.1 Å². The van der Waals surface area contributed by atoms with Gasteiger partial charge in [0.05, 0.1) is 0 Å². The Bertz CT molecular complexity index is 826. The number of benzene rings is 2. The van der Waals surface area contributed by atoms with Crippen LogP contribution in [0.15, 0.2) is 42.5 Å². The lowest BCUT2D eigenvalue weighted by Gasteiger charge is -2.30. The van der Waals surface area contributed by atoms with Gasteiger partial charge in [0.25, 0.3) is 5.91 Å². The molecule has 4 heteroatoms. The van der Waals surface area contributed by atoms with Gasteiger partial charge in [0, 0.05) is 17.8 Å². The number of carbonyl (C=O) groups excluding carboxylic acids is 2. The average molecular weight is 336 g/mol. The average Bonchev–Trinajstić information content (AvgIpc) is 2.89. The molecule has 1 N–H and O–H groups in total. The molecule has 130 valence electrons. The Hall–Kier alpha value is -2.62. The first kappa shape index (κ1) is 17.2. The van der Waals surface area contributed by atoms with E-state index in [1.165, 1.54) is 0 Å². The third kappa shape index (κ3) is 3.16. The summed E-state index contributed by atoms with van der Waals surface area (Å²) in [5.41, 5.74) is 4.67. The van der Waals surface area contributed by atoms with Crippen LogP contribution in [-0.2, 0) is 11.3 Å². The predicted molar refractivity (Wildman–Crippen MR) is 99.5 cm³/mol. The van der Waals surface area contributed by atoms with Crippen LogP contribution in [0.4, 0.5) is 5.69 Å². The molecule has 0 spiro atoms. The first-order valence-electron chi connectivity index (χ1n) is 8.66. The monoisotopic (exact) mass is 336 g/mol. The molecule has 3 rings (SSSR count). The molecule has 1 heterocycles. The molecule has 2 aromatic rings. The van der Waals surface area contributed by atoms with Gasteiger partial charge >= 0.3 is 0 Å². The maximum atomic E-state index is 13.0.